The number of benzene rings is 2. The van der Waals surface area contributed by atoms with Crippen molar-refractivity contribution in [3.05, 3.63) is 76.4 Å². The second-order valence-corrected chi connectivity index (χ2v) is 6.89. The average Bonchev–Trinajstić information content (AvgIpc) is 3.24. The van der Waals surface area contributed by atoms with E-state index >= 15 is 0 Å². The predicted molar refractivity (Wildman–Crippen MR) is 112 cm³/mol. The minimum Gasteiger partial charge on any atom is -0.493 e. The van der Waals surface area contributed by atoms with Crippen LogP contribution in [0.15, 0.2) is 64.1 Å². The van der Waals surface area contributed by atoms with Gasteiger partial charge in [0, 0.05) is 6.07 Å². The van der Waals surface area contributed by atoms with Crippen LogP contribution in [-0.4, -0.2) is 16.4 Å². The van der Waals surface area contributed by atoms with E-state index in [1.54, 1.807) is 31.2 Å². The Morgan fingerprint density at radius 3 is 2.53 bits per heavy atom. The molecule has 32 heavy (non-hydrogen) atoms. The zero-order chi connectivity index (χ0) is 22.9. The van der Waals surface area contributed by atoms with Crippen LogP contribution in [0.25, 0.3) is 16.7 Å². The van der Waals surface area contributed by atoms with Crippen molar-refractivity contribution in [3.63, 3.8) is 0 Å². The van der Waals surface area contributed by atoms with Gasteiger partial charge >= 0.3 is 6.18 Å². The van der Waals surface area contributed by atoms with Crippen molar-refractivity contribution in [1.29, 1.82) is 0 Å². The number of rotatable bonds is 6. The molecule has 0 aliphatic rings. The molecule has 2 aromatic heterocycles. The summed E-state index contributed by atoms with van der Waals surface area (Å²) in [5.41, 5.74) is 0.202. The number of aromatic nitrogens is 2. The Morgan fingerprint density at radius 1 is 1.12 bits per heavy atom. The third-order valence-corrected chi connectivity index (χ3v) is 4.77. The fourth-order valence-electron chi connectivity index (χ4n) is 3.29. The Kier molecular flexibility index (Phi) is 5.65. The first-order chi connectivity index (χ1) is 15.3. The van der Waals surface area contributed by atoms with Crippen LogP contribution in [0.4, 0.5) is 13.2 Å². The second kappa shape index (κ2) is 8.41. The van der Waals surface area contributed by atoms with Gasteiger partial charge in [-0.25, -0.2) is 4.68 Å². The Labute approximate surface area is 180 Å². The van der Waals surface area contributed by atoms with Crippen LogP contribution in [-0.2, 0) is 12.6 Å². The first-order valence-corrected chi connectivity index (χ1v) is 9.93. The molecule has 2 heterocycles. The van der Waals surface area contributed by atoms with Gasteiger partial charge in [0.1, 0.15) is 11.3 Å². The van der Waals surface area contributed by atoms with Gasteiger partial charge in [-0.15, -0.1) is 0 Å². The maximum absolute atomic E-state index is 13.8. The molecular formula is C23H19F3N2O4. The molecule has 0 aliphatic heterocycles. The van der Waals surface area contributed by atoms with Crippen LogP contribution in [0, 0.1) is 0 Å². The number of para-hydroxylation sites is 1. The molecule has 0 fully saturated rings. The van der Waals surface area contributed by atoms with E-state index in [9.17, 15) is 18.0 Å². The first kappa shape index (κ1) is 21.5. The van der Waals surface area contributed by atoms with Crippen molar-refractivity contribution in [2.45, 2.75) is 26.4 Å². The minimum absolute atomic E-state index is 0.0243. The van der Waals surface area contributed by atoms with Gasteiger partial charge in [0.05, 0.1) is 30.1 Å². The Morgan fingerprint density at radius 2 is 1.88 bits per heavy atom. The number of hydrogen-bond acceptors (Lipinski definition) is 5. The van der Waals surface area contributed by atoms with Crippen molar-refractivity contribution in [1.82, 2.24) is 9.78 Å². The maximum atomic E-state index is 13.8. The lowest BCUT2D eigenvalue weighted by atomic mass is 10.1. The zero-order valence-corrected chi connectivity index (χ0v) is 17.3. The number of nitrogens with zero attached hydrogens (tertiary/aromatic N) is 2. The van der Waals surface area contributed by atoms with Crippen molar-refractivity contribution in [3.8, 4) is 22.9 Å². The molecule has 0 unspecified atom stereocenters. The van der Waals surface area contributed by atoms with Gasteiger partial charge in [0.15, 0.2) is 5.75 Å². The normalized spacial score (nSPS) is 11.7. The van der Waals surface area contributed by atoms with E-state index in [-0.39, 0.29) is 16.7 Å². The molecule has 9 heteroatoms. The molecule has 4 rings (SSSR count). The van der Waals surface area contributed by atoms with Gasteiger partial charge in [0.25, 0.3) is 5.76 Å². The highest BCUT2D eigenvalue weighted by atomic mass is 19.4. The van der Waals surface area contributed by atoms with E-state index in [1.807, 2.05) is 13.0 Å². The predicted octanol–water partition coefficient (Wildman–Crippen LogP) is 5.75. The van der Waals surface area contributed by atoms with Crippen LogP contribution >= 0.6 is 0 Å². The third-order valence-electron chi connectivity index (χ3n) is 4.77. The summed E-state index contributed by atoms with van der Waals surface area (Å²) in [6, 6.07) is 11.7. The van der Waals surface area contributed by atoms with Crippen LogP contribution in [0.5, 0.6) is 17.2 Å². The van der Waals surface area contributed by atoms with E-state index in [4.69, 9.17) is 13.9 Å². The lowest BCUT2D eigenvalue weighted by molar-refractivity contribution is -0.154. The lowest BCUT2D eigenvalue weighted by Crippen LogP contribution is -2.15. The van der Waals surface area contributed by atoms with Crippen LogP contribution in [0.3, 0.4) is 0 Å². The van der Waals surface area contributed by atoms with Crippen molar-refractivity contribution in [2.24, 2.45) is 0 Å². The van der Waals surface area contributed by atoms with Gasteiger partial charge in [-0.1, -0.05) is 25.1 Å². The van der Waals surface area contributed by atoms with E-state index in [0.717, 1.165) is 0 Å². The van der Waals surface area contributed by atoms with E-state index < -0.39 is 23.1 Å². The van der Waals surface area contributed by atoms with Gasteiger partial charge in [-0.3, -0.25) is 4.79 Å². The number of hydrogen-bond donors (Lipinski definition) is 0. The summed E-state index contributed by atoms with van der Waals surface area (Å²) in [7, 11) is 0. The fourth-order valence-corrected chi connectivity index (χ4v) is 3.29. The number of ether oxygens (including phenoxy) is 2. The average molecular weight is 444 g/mol. The van der Waals surface area contributed by atoms with Crippen molar-refractivity contribution in [2.75, 3.05) is 6.61 Å². The SMILES string of the molecule is CCOc1cc2oc(C(F)(F)F)c(Oc3cnn(-c4ccccc4)c3)c(=O)c2cc1CC. The fraction of sp³-hybridized carbons (Fsp3) is 0.217. The largest absolute Gasteiger partial charge is 0.493 e. The summed E-state index contributed by atoms with van der Waals surface area (Å²) < 4.78 is 58.7. The number of aryl methyl sites for hydroxylation is 1. The molecule has 166 valence electrons. The minimum atomic E-state index is -4.95. The highest BCUT2D eigenvalue weighted by Gasteiger charge is 2.40. The Balaban J connectivity index is 1.84. The summed E-state index contributed by atoms with van der Waals surface area (Å²) in [6.45, 7) is 3.93. The Hall–Kier alpha value is -3.75. The number of halogens is 3. The number of alkyl halides is 3. The molecule has 0 bridgehead atoms. The standard InChI is InChI=1S/C23H19F3N2O4/c1-3-14-10-17-19(11-18(14)30-4-2)32-22(23(24,25)26)21(20(17)29)31-16-12-27-28(13-16)15-8-6-5-7-9-15/h5-13H,3-4H2,1-2H3. The van der Waals surface area contributed by atoms with Crippen molar-refractivity contribution >= 4 is 11.0 Å². The topological polar surface area (TPSA) is 66.5 Å². The highest BCUT2D eigenvalue weighted by Crippen LogP contribution is 2.39. The molecule has 0 amide bonds. The third kappa shape index (κ3) is 4.05. The Bertz CT molecular complexity index is 1310. The lowest BCUT2D eigenvalue weighted by Gasteiger charge is -2.14. The molecule has 0 aliphatic carbocycles. The monoisotopic (exact) mass is 444 g/mol. The van der Waals surface area contributed by atoms with Crippen LogP contribution in [0.2, 0.25) is 0 Å². The molecule has 0 spiro atoms. The molecule has 4 aromatic rings. The molecule has 2 aromatic carbocycles. The summed E-state index contributed by atoms with van der Waals surface area (Å²) in [4.78, 5) is 13.1. The number of fused-ring (bicyclic) bond motifs is 1. The molecular weight excluding hydrogens is 425 g/mol. The second-order valence-electron chi connectivity index (χ2n) is 6.89. The summed E-state index contributed by atoms with van der Waals surface area (Å²) in [5, 5.41) is 4.06. The highest BCUT2D eigenvalue weighted by molar-refractivity contribution is 5.81. The molecule has 0 saturated heterocycles. The van der Waals surface area contributed by atoms with Gasteiger partial charge in [0.2, 0.25) is 11.2 Å². The summed E-state index contributed by atoms with van der Waals surface area (Å²) in [6.07, 6.45) is -1.82. The smallest absolute Gasteiger partial charge is 0.453 e. The first-order valence-electron chi connectivity index (χ1n) is 9.93. The van der Waals surface area contributed by atoms with Crippen LogP contribution in [0.1, 0.15) is 25.2 Å². The summed E-state index contributed by atoms with van der Waals surface area (Å²) >= 11 is 0. The molecule has 6 nitrogen and oxygen atoms in total. The molecule has 0 saturated carbocycles. The van der Waals surface area contributed by atoms with Crippen LogP contribution < -0.4 is 14.9 Å². The van der Waals surface area contributed by atoms with Gasteiger partial charge < -0.3 is 13.9 Å². The van der Waals surface area contributed by atoms with E-state index in [1.165, 1.54) is 29.2 Å². The van der Waals surface area contributed by atoms with Gasteiger partial charge in [-0.05, 0) is 37.1 Å². The maximum Gasteiger partial charge on any atom is 0.453 e. The van der Waals surface area contributed by atoms with E-state index in [2.05, 4.69) is 5.10 Å². The molecule has 0 N–H and O–H groups in total. The molecule has 0 radical (unpaired) electrons. The quantitative estimate of drug-likeness (QED) is 0.379. The zero-order valence-electron chi connectivity index (χ0n) is 17.3. The van der Waals surface area contributed by atoms with Crippen molar-refractivity contribution < 1.29 is 27.1 Å². The summed E-state index contributed by atoms with van der Waals surface area (Å²) in [5.74, 6) is -2.12. The molecule has 0 atom stereocenters. The van der Waals surface area contributed by atoms with Gasteiger partial charge in [-0.2, -0.15) is 18.3 Å². The van der Waals surface area contributed by atoms with E-state index in [0.29, 0.717) is 30.0 Å².